The van der Waals surface area contributed by atoms with E-state index in [1.165, 1.54) is 77.0 Å². The van der Waals surface area contributed by atoms with E-state index < -0.39 is 0 Å². The van der Waals surface area contributed by atoms with Crippen molar-refractivity contribution in [2.75, 3.05) is 7.11 Å². The summed E-state index contributed by atoms with van der Waals surface area (Å²) in [7, 11) is 2.48. The predicted octanol–water partition coefficient (Wildman–Crippen LogP) is 5.66. The summed E-state index contributed by atoms with van der Waals surface area (Å²) in [5.41, 5.74) is 0. The van der Waals surface area contributed by atoms with Crippen molar-refractivity contribution in [3.8, 4) is 0 Å². The monoisotopic (exact) mass is 379 g/mol. The van der Waals surface area contributed by atoms with Crippen LogP contribution < -0.4 is 0 Å². The number of alkyl halides is 2. The van der Waals surface area contributed by atoms with Crippen LogP contribution in [-0.2, 0) is 15.6 Å². The lowest BCUT2D eigenvalue weighted by atomic mass is 9.97. The van der Waals surface area contributed by atoms with Crippen LogP contribution >= 0.6 is 23.2 Å². The van der Waals surface area contributed by atoms with Crippen LogP contribution in [0, 0.1) is 0 Å². The first-order valence-corrected chi connectivity index (χ1v) is 12.0. The molecule has 0 spiro atoms. The molecule has 0 aromatic carbocycles. The quantitative estimate of drug-likeness (QED) is 0.452. The summed E-state index contributed by atoms with van der Waals surface area (Å²) >= 11 is 12.8. The Morgan fingerprint density at radius 2 is 0.957 bits per heavy atom. The van der Waals surface area contributed by atoms with Crippen molar-refractivity contribution < 1.29 is 4.74 Å². The van der Waals surface area contributed by atoms with Crippen LogP contribution in [0.1, 0.15) is 77.0 Å². The average molecular weight is 380 g/mol. The molecule has 0 radical (unpaired) electrons. The zero-order valence-corrected chi connectivity index (χ0v) is 16.9. The zero-order valence-electron chi connectivity index (χ0n) is 14.5. The molecule has 3 aliphatic rings. The number of methoxy groups -OCH3 is 1. The Morgan fingerprint density at radius 3 is 1.30 bits per heavy atom. The highest BCUT2D eigenvalue weighted by Gasteiger charge is 2.47. The Morgan fingerprint density at radius 1 is 0.609 bits per heavy atom. The molecule has 0 amide bonds. The Bertz CT molecular complexity index is 321. The second-order valence-corrected chi connectivity index (χ2v) is 11.8. The van der Waals surface area contributed by atoms with Crippen molar-refractivity contribution in [2.24, 2.45) is 0 Å². The molecule has 0 saturated heterocycles. The molecule has 3 rings (SSSR count). The van der Waals surface area contributed by atoms with E-state index in [1.807, 2.05) is 7.11 Å². The third-order valence-electron chi connectivity index (χ3n) is 6.32. The average Bonchev–Trinajstić information content (AvgIpc) is 2.59. The predicted molar refractivity (Wildman–Crippen MR) is 104 cm³/mol. The fourth-order valence-corrected chi connectivity index (χ4v) is 9.53. The number of rotatable bonds is 4. The van der Waals surface area contributed by atoms with Crippen LogP contribution in [0.3, 0.4) is 0 Å². The summed E-state index contributed by atoms with van der Waals surface area (Å²) in [5.74, 6) is 0. The molecule has 23 heavy (non-hydrogen) atoms. The normalized spacial score (nSPS) is 44.0. The van der Waals surface area contributed by atoms with Gasteiger partial charge in [0.2, 0.25) is 0 Å². The fraction of sp³-hybridized carbons (Fsp3) is 1.00. The highest BCUT2D eigenvalue weighted by molar-refractivity contribution is 7.98. The minimum atomic E-state index is 0.444. The molecule has 3 aliphatic carbocycles. The first kappa shape index (κ1) is 18.7. The van der Waals surface area contributed by atoms with Gasteiger partial charge in [-0.25, -0.2) is 0 Å². The SMILES string of the molecule is COC1CCC([S+](C2CCC(Cl)CC2)C2CCC(Cl)CC2)CC1. The van der Waals surface area contributed by atoms with E-state index in [9.17, 15) is 0 Å². The van der Waals surface area contributed by atoms with E-state index in [0.29, 0.717) is 27.8 Å². The molecule has 0 N–H and O–H groups in total. The number of ether oxygens (including phenoxy) is 1. The maximum absolute atomic E-state index is 6.38. The minimum absolute atomic E-state index is 0.444. The van der Waals surface area contributed by atoms with Crippen LogP contribution in [0.25, 0.3) is 0 Å². The van der Waals surface area contributed by atoms with Gasteiger partial charge in [-0.15, -0.1) is 23.2 Å². The van der Waals surface area contributed by atoms with Crippen molar-refractivity contribution in [1.29, 1.82) is 0 Å². The van der Waals surface area contributed by atoms with E-state index in [4.69, 9.17) is 27.9 Å². The summed E-state index contributed by atoms with van der Waals surface area (Å²) in [5, 5.41) is 3.74. The Balaban J connectivity index is 1.66. The summed E-state index contributed by atoms with van der Waals surface area (Å²) < 4.78 is 5.61. The molecule has 0 heterocycles. The molecular weight excluding hydrogens is 347 g/mol. The second-order valence-electron chi connectivity index (χ2n) is 7.79. The zero-order chi connectivity index (χ0) is 16.2. The highest BCUT2D eigenvalue weighted by atomic mass is 35.5. The maximum atomic E-state index is 6.38. The number of halogens is 2. The molecule has 0 aromatic rings. The van der Waals surface area contributed by atoms with Crippen molar-refractivity contribution in [1.82, 2.24) is 0 Å². The van der Waals surface area contributed by atoms with Gasteiger partial charge in [0.25, 0.3) is 0 Å². The molecule has 1 nitrogen and oxygen atoms in total. The smallest absolute Gasteiger partial charge is 0.119 e. The Hall–Kier alpha value is 0.890. The fourth-order valence-electron chi connectivity index (χ4n) is 4.95. The lowest BCUT2D eigenvalue weighted by Gasteiger charge is -2.38. The maximum Gasteiger partial charge on any atom is 0.119 e. The van der Waals surface area contributed by atoms with Crippen LogP contribution in [0.5, 0.6) is 0 Å². The van der Waals surface area contributed by atoms with Gasteiger partial charge in [0.15, 0.2) is 0 Å². The summed E-state index contributed by atoms with van der Waals surface area (Å²) in [6.45, 7) is 0. The van der Waals surface area contributed by atoms with E-state index >= 15 is 0 Å². The summed E-state index contributed by atoms with van der Waals surface area (Å²) in [6.07, 6.45) is 16.3. The molecule has 3 saturated carbocycles. The van der Waals surface area contributed by atoms with Gasteiger partial charge in [-0.3, -0.25) is 0 Å². The molecular formula is C19H33Cl2OS+. The van der Waals surface area contributed by atoms with Crippen LogP contribution in [0.15, 0.2) is 0 Å². The molecule has 0 bridgehead atoms. The van der Waals surface area contributed by atoms with Crippen molar-refractivity contribution in [3.63, 3.8) is 0 Å². The van der Waals surface area contributed by atoms with Gasteiger partial charge in [-0.1, -0.05) is 0 Å². The van der Waals surface area contributed by atoms with Gasteiger partial charge in [0.1, 0.15) is 15.7 Å². The third-order valence-corrected chi connectivity index (χ3v) is 10.9. The van der Waals surface area contributed by atoms with Gasteiger partial charge in [0, 0.05) is 17.9 Å². The highest BCUT2D eigenvalue weighted by Crippen LogP contribution is 2.42. The van der Waals surface area contributed by atoms with Gasteiger partial charge in [0.05, 0.1) is 6.10 Å². The van der Waals surface area contributed by atoms with Crippen molar-refractivity contribution in [2.45, 2.75) is 110 Å². The molecule has 0 aliphatic heterocycles. The first-order chi connectivity index (χ1) is 11.2. The molecule has 0 atom stereocenters. The second kappa shape index (κ2) is 9.01. The largest absolute Gasteiger partial charge is 0.381 e. The Labute approximate surface area is 155 Å². The first-order valence-electron chi connectivity index (χ1n) is 9.69. The van der Waals surface area contributed by atoms with E-state index in [2.05, 4.69) is 0 Å². The molecule has 4 heteroatoms. The molecule has 0 unspecified atom stereocenters. The van der Waals surface area contributed by atoms with Crippen molar-refractivity contribution in [3.05, 3.63) is 0 Å². The van der Waals surface area contributed by atoms with Crippen LogP contribution in [0.4, 0.5) is 0 Å². The van der Waals surface area contributed by atoms with Crippen LogP contribution in [-0.4, -0.2) is 39.7 Å². The lowest BCUT2D eigenvalue weighted by molar-refractivity contribution is 0.0720. The third kappa shape index (κ3) is 4.96. The van der Waals surface area contributed by atoms with Crippen molar-refractivity contribution >= 4 is 34.1 Å². The van der Waals surface area contributed by atoms with Crippen LogP contribution in [0.2, 0.25) is 0 Å². The summed E-state index contributed by atoms with van der Waals surface area (Å²) in [6, 6.07) is 0. The summed E-state index contributed by atoms with van der Waals surface area (Å²) in [4.78, 5) is 0. The lowest BCUT2D eigenvalue weighted by Crippen LogP contribution is -2.45. The van der Waals surface area contributed by atoms with E-state index in [1.54, 1.807) is 0 Å². The van der Waals surface area contributed by atoms with Gasteiger partial charge in [-0.05, 0) is 87.9 Å². The van der Waals surface area contributed by atoms with E-state index in [-0.39, 0.29) is 0 Å². The van der Waals surface area contributed by atoms with Gasteiger partial charge < -0.3 is 4.74 Å². The standard InChI is InChI=1S/C19H33Cl2OS/c1-22-16-6-12-19(13-7-16)23(17-8-2-14(20)3-9-17)18-10-4-15(21)5-11-18/h14-19H,2-13H2,1H3/q+1. The number of hydrogen-bond acceptors (Lipinski definition) is 1. The van der Waals surface area contributed by atoms with E-state index in [0.717, 1.165) is 15.7 Å². The molecule has 3 fully saturated rings. The molecule has 0 aromatic heterocycles. The molecule has 134 valence electrons. The minimum Gasteiger partial charge on any atom is -0.381 e. The topological polar surface area (TPSA) is 9.23 Å². The van der Waals surface area contributed by atoms with Gasteiger partial charge in [-0.2, -0.15) is 0 Å². The Kier molecular flexibility index (Phi) is 7.32. The number of hydrogen-bond donors (Lipinski definition) is 0. The van der Waals surface area contributed by atoms with Gasteiger partial charge >= 0.3 is 0 Å².